The van der Waals surface area contributed by atoms with Crippen molar-refractivity contribution in [3.05, 3.63) is 105 Å². The summed E-state index contributed by atoms with van der Waals surface area (Å²) < 4.78 is 4.41. The van der Waals surface area contributed by atoms with Gasteiger partial charge in [-0.2, -0.15) is 4.57 Å². The Morgan fingerprint density at radius 1 is 0.735 bits per heavy atom. The van der Waals surface area contributed by atoms with Crippen LogP contribution in [0.4, 0.5) is 5.69 Å². The molecule has 0 saturated carbocycles. The predicted molar refractivity (Wildman–Crippen MR) is 148 cm³/mol. The van der Waals surface area contributed by atoms with Crippen LogP contribution < -0.4 is 33.4 Å². The zero-order valence-electron chi connectivity index (χ0n) is 19.5. The lowest BCUT2D eigenvalue weighted by Gasteiger charge is -2.16. The number of hydrogen-bond acceptors (Lipinski definition) is 1. The Kier molecular flexibility index (Phi) is 9.51. The highest BCUT2D eigenvalue weighted by Crippen LogP contribution is 2.28. The highest BCUT2D eigenvalue weighted by atomic mass is 127. The molecule has 0 spiro atoms. The van der Waals surface area contributed by atoms with Crippen LogP contribution >= 0.6 is 31.9 Å². The third kappa shape index (κ3) is 6.37. The highest BCUT2D eigenvalue weighted by molar-refractivity contribution is 9.10. The lowest BCUT2D eigenvalue weighted by Crippen LogP contribution is -3.00. The molecule has 0 bridgehead atoms. The van der Waals surface area contributed by atoms with E-state index in [-0.39, 0.29) is 24.0 Å². The maximum atomic E-state index is 3.55. The Balaban J connectivity index is 0.00000324. The van der Waals surface area contributed by atoms with E-state index in [1.807, 2.05) is 0 Å². The molecule has 2 nitrogen and oxygen atoms in total. The van der Waals surface area contributed by atoms with E-state index in [1.54, 1.807) is 0 Å². The van der Waals surface area contributed by atoms with E-state index < -0.39 is 0 Å². The SMILES string of the molecule is CCN(C)c1ccc(C=Cc2cc(-c3ccc(Br)cc3)cc(-c3ccc(Br)cc3)[n+]2C)cc1.[I-]. The molecule has 0 aliphatic carbocycles. The molecular formula is C29H27Br2IN2. The molecule has 4 rings (SSSR count). The maximum absolute atomic E-state index is 3.55. The molecule has 4 aromatic rings. The van der Waals surface area contributed by atoms with Crippen molar-refractivity contribution < 1.29 is 28.5 Å². The average Bonchev–Trinajstić information content (AvgIpc) is 2.84. The Morgan fingerprint density at radius 3 is 1.85 bits per heavy atom. The Hall–Kier alpha value is -1.96. The second-order valence-electron chi connectivity index (χ2n) is 8.07. The molecule has 0 amide bonds. The summed E-state index contributed by atoms with van der Waals surface area (Å²) in [6.45, 7) is 3.15. The number of rotatable bonds is 6. The van der Waals surface area contributed by atoms with Crippen molar-refractivity contribution in [2.45, 2.75) is 6.92 Å². The van der Waals surface area contributed by atoms with Crippen molar-refractivity contribution in [1.29, 1.82) is 0 Å². The van der Waals surface area contributed by atoms with Crippen LogP contribution in [0.1, 0.15) is 18.2 Å². The number of nitrogens with zero attached hydrogens (tertiary/aromatic N) is 2. The van der Waals surface area contributed by atoms with Crippen LogP contribution in [0.3, 0.4) is 0 Å². The van der Waals surface area contributed by atoms with Gasteiger partial charge in [-0.25, -0.2) is 0 Å². The first kappa shape index (κ1) is 26.6. The summed E-state index contributed by atoms with van der Waals surface area (Å²) in [5.74, 6) is 0. The molecule has 0 atom stereocenters. The van der Waals surface area contributed by atoms with Crippen molar-refractivity contribution in [3.63, 3.8) is 0 Å². The van der Waals surface area contributed by atoms with Crippen molar-refractivity contribution in [2.75, 3.05) is 18.5 Å². The first-order chi connectivity index (χ1) is 15.9. The van der Waals surface area contributed by atoms with Gasteiger partial charge < -0.3 is 28.9 Å². The van der Waals surface area contributed by atoms with Gasteiger partial charge in [0.05, 0.1) is 0 Å². The second-order valence-corrected chi connectivity index (χ2v) is 9.90. The van der Waals surface area contributed by atoms with E-state index in [0.717, 1.165) is 21.2 Å². The first-order valence-electron chi connectivity index (χ1n) is 11.0. The molecule has 0 N–H and O–H groups in total. The molecule has 0 unspecified atom stereocenters. The topological polar surface area (TPSA) is 7.12 Å². The van der Waals surface area contributed by atoms with Crippen molar-refractivity contribution >= 4 is 49.7 Å². The third-order valence-corrected chi connectivity index (χ3v) is 6.97. The summed E-state index contributed by atoms with van der Waals surface area (Å²) in [7, 11) is 4.24. The summed E-state index contributed by atoms with van der Waals surface area (Å²) in [5.41, 5.74) is 8.29. The fourth-order valence-corrected chi connectivity index (χ4v) is 4.28. The molecule has 3 aromatic carbocycles. The Bertz CT molecular complexity index is 1270. The summed E-state index contributed by atoms with van der Waals surface area (Å²) >= 11 is 7.10. The number of pyridine rings is 1. The van der Waals surface area contributed by atoms with Crippen LogP contribution in [-0.4, -0.2) is 13.6 Å². The van der Waals surface area contributed by atoms with Crippen LogP contribution in [0, 0.1) is 0 Å². The number of benzene rings is 3. The second kappa shape index (κ2) is 12.1. The number of hydrogen-bond donors (Lipinski definition) is 0. The largest absolute Gasteiger partial charge is 1.00 e. The monoisotopic (exact) mass is 688 g/mol. The van der Waals surface area contributed by atoms with E-state index in [4.69, 9.17) is 0 Å². The predicted octanol–water partition coefficient (Wildman–Crippen LogP) is 5.00. The van der Waals surface area contributed by atoms with Gasteiger partial charge >= 0.3 is 0 Å². The average molecular weight is 690 g/mol. The number of aromatic nitrogens is 1. The molecule has 5 heteroatoms. The van der Waals surface area contributed by atoms with Crippen molar-refractivity contribution in [2.24, 2.45) is 7.05 Å². The van der Waals surface area contributed by atoms with E-state index in [9.17, 15) is 0 Å². The minimum atomic E-state index is 0. The van der Waals surface area contributed by atoms with Gasteiger partial charge in [-0.3, -0.25) is 0 Å². The van der Waals surface area contributed by atoms with E-state index in [0.29, 0.717) is 0 Å². The molecule has 174 valence electrons. The van der Waals surface area contributed by atoms with Gasteiger partial charge in [0.2, 0.25) is 11.4 Å². The molecule has 34 heavy (non-hydrogen) atoms. The maximum Gasteiger partial charge on any atom is 0.213 e. The summed E-state index contributed by atoms with van der Waals surface area (Å²) in [6, 6.07) is 30.2. The minimum absolute atomic E-state index is 0. The highest BCUT2D eigenvalue weighted by Gasteiger charge is 2.16. The van der Waals surface area contributed by atoms with E-state index >= 15 is 0 Å². The van der Waals surface area contributed by atoms with Crippen LogP contribution in [0.25, 0.3) is 34.5 Å². The lowest BCUT2D eigenvalue weighted by atomic mass is 10.0. The van der Waals surface area contributed by atoms with E-state index in [1.165, 1.54) is 33.6 Å². The lowest BCUT2D eigenvalue weighted by molar-refractivity contribution is -0.662. The van der Waals surface area contributed by atoms with Gasteiger partial charge in [-0.05, 0) is 78.2 Å². The smallest absolute Gasteiger partial charge is 0.213 e. The minimum Gasteiger partial charge on any atom is -1.00 e. The summed E-state index contributed by atoms with van der Waals surface area (Å²) in [4.78, 5) is 2.24. The van der Waals surface area contributed by atoms with Crippen LogP contribution in [-0.2, 0) is 7.05 Å². The van der Waals surface area contributed by atoms with E-state index in [2.05, 4.69) is 159 Å². The van der Waals surface area contributed by atoms with Crippen molar-refractivity contribution in [1.82, 2.24) is 0 Å². The van der Waals surface area contributed by atoms with Crippen LogP contribution in [0.5, 0.6) is 0 Å². The molecule has 0 radical (unpaired) electrons. The molecule has 0 saturated heterocycles. The quantitative estimate of drug-likeness (QED) is 0.204. The third-order valence-electron chi connectivity index (χ3n) is 5.92. The van der Waals surface area contributed by atoms with Gasteiger partial charge in [-0.15, -0.1) is 0 Å². The molecule has 1 aromatic heterocycles. The van der Waals surface area contributed by atoms with Gasteiger partial charge in [0.15, 0.2) is 0 Å². The first-order valence-corrected chi connectivity index (χ1v) is 12.6. The van der Waals surface area contributed by atoms with Gasteiger partial charge in [0.25, 0.3) is 0 Å². The molecular weight excluding hydrogens is 663 g/mol. The van der Waals surface area contributed by atoms with Gasteiger partial charge in [0, 0.05) is 52.0 Å². The number of halogens is 3. The summed E-state index contributed by atoms with van der Waals surface area (Å²) in [5, 5.41) is 0. The molecule has 0 fully saturated rings. The van der Waals surface area contributed by atoms with Crippen LogP contribution in [0.15, 0.2) is 93.9 Å². The Labute approximate surface area is 236 Å². The Morgan fingerprint density at radius 2 is 1.29 bits per heavy atom. The normalized spacial score (nSPS) is 10.9. The van der Waals surface area contributed by atoms with Gasteiger partial charge in [-0.1, -0.05) is 56.1 Å². The van der Waals surface area contributed by atoms with Gasteiger partial charge in [0.1, 0.15) is 7.05 Å². The molecule has 0 aliphatic heterocycles. The fraction of sp³-hybridized carbons (Fsp3) is 0.138. The zero-order valence-corrected chi connectivity index (χ0v) is 24.8. The number of anilines is 1. The van der Waals surface area contributed by atoms with Crippen LogP contribution in [0.2, 0.25) is 0 Å². The molecule has 0 aliphatic rings. The zero-order chi connectivity index (χ0) is 23.4. The molecule has 1 heterocycles. The summed E-state index contributed by atoms with van der Waals surface area (Å²) in [6.07, 6.45) is 4.38. The van der Waals surface area contributed by atoms with Crippen molar-refractivity contribution in [3.8, 4) is 22.4 Å². The standard InChI is InChI=1S/C29H27Br2N2.HI/c1-4-32(2)27-16-5-21(6-17-27)7-18-28-19-24(22-8-12-25(30)13-9-22)20-29(33(28)3)23-10-14-26(31)15-11-23;/h5-20H,4H2,1-3H3;1H/q+1;/p-1. The fourth-order valence-electron chi connectivity index (χ4n) is 3.75.